The highest BCUT2D eigenvalue weighted by atomic mass is 16.7. The van der Waals surface area contributed by atoms with Crippen molar-refractivity contribution < 1.29 is 19.0 Å². The molecule has 2 atom stereocenters. The number of primary amides is 1. The van der Waals surface area contributed by atoms with Gasteiger partial charge in [-0.05, 0) is 13.3 Å². The number of nitrogens with two attached hydrogens (primary N) is 1. The average Bonchev–Trinajstić information content (AvgIpc) is 2.78. The molecule has 2 N–H and O–H groups in total. The molecule has 5 nitrogen and oxygen atoms in total. The van der Waals surface area contributed by atoms with Gasteiger partial charge in [-0.3, -0.25) is 0 Å². The van der Waals surface area contributed by atoms with E-state index in [0.29, 0.717) is 6.61 Å². The first-order valence-corrected chi connectivity index (χ1v) is 7.80. The Morgan fingerprint density at radius 1 is 1.25 bits per heavy atom. The molecule has 0 aliphatic carbocycles. The van der Waals surface area contributed by atoms with Gasteiger partial charge >= 0.3 is 6.09 Å². The molecule has 1 saturated heterocycles. The van der Waals surface area contributed by atoms with Crippen molar-refractivity contribution >= 4 is 6.09 Å². The molecule has 1 fully saturated rings. The lowest BCUT2D eigenvalue weighted by Gasteiger charge is -2.23. The maximum atomic E-state index is 10.5. The summed E-state index contributed by atoms with van der Waals surface area (Å²) in [4.78, 5) is 10.5. The molecule has 0 aromatic rings. The Labute approximate surface area is 122 Å². The Bertz CT molecular complexity index is 285. The second-order valence-electron chi connectivity index (χ2n) is 5.69. The minimum absolute atomic E-state index is 0.169. The Hall–Kier alpha value is -0.810. The number of ether oxygens (including phenoxy) is 3. The van der Waals surface area contributed by atoms with E-state index in [1.165, 1.54) is 38.5 Å². The fourth-order valence-electron chi connectivity index (χ4n) is 2.48. The van der Waals surface area contributed by atoms with Crippen LogP contribution in [0.4, 0.5) is 4.79 Å². The molecule has 0 unspecified atom stereocenters. The topological polar surface area (TPSA) is 70.8 Å². The third-order valence-corrected chi connectivity index (χ3v) is 3.64. The summed E-state index contributed by atoms with van der Waals surface area (Å²) < 4.78 is 16.2. The lowest BCUT2D eigenvalue weighted by Crippen LogP contribution is -2.29. The third kappa shape index (κ3) is 7.10. The highest BCUT2D eigenvalue weighted by molar-refractivity contribution is 5.64. The highest BCUT2D eigenvalue weighted by Gasteiger charge is 2.37. The number of rotatable bonds is 10. The highest BCUT2D eigenvalue weighted by Crippen LogP contribution is 2.29. The van der Waals surface area contributed by atoms with Gasteiger partial charge in [-0.25, -0.2) is 4.79 Å². The maximum absolute atomic E-state index is 10.5. The van der Waals surface area contributed by atoms with Crippen molar-refractivity contribution in [3.63, 3.8) is 0 Å². The van der Waals surface area contributed by atoms with E-state index in [0.717, 1.165) is 12.8 Å². The summed E-state index contributed by atoms with van der Waals surface area (Å²) in [6, 6.07) is 0. The molecule has 5 heteroatoms. The maximum Gasteiger partial charge on any atom is 0.404 e. The van der Waals surface area contributed by atoms with Gasteiger partial charge in [0.05, 0.1) is 6.61 Å². The molecule has 0 saturated carbocycles. The molecule has 0 aromatic heterocycles. The van der Waals surface area contributed by atoms with E-state index in [9.17, 15) is 4.79 Å². The van der Waals surface area contributed by atoms with Crippen LogP contribution in [-0.2, 0) is 14.2 Å². The molecule has 1 rings (SSSR count). The molecular weight excluding hydrogens is 258 g/mol. The van der Waals surface area contributed by atoms with Crippen LogP contribution in [0.3, 0.4) is 0 Å². The molecule has 1 heterocycles. The normalized spacial score (nSPS) is 25.8. The van der Waals surface area contributed by atoms with Crippen LogP contribution in [0.1, 0.15) is 65.2 Å². The van der Waals surface area contributed by atoms with Crippen molar-refractivity contribution in [3.05, 3.63) is 0 Å². The molecule has 1 aliphatic rings. The van der Waals surface area contributed by atoms with Gasteiger partial charge in [0, 0.05) is 6.42 Å². The lowest BCUT2D eigenvalue weighted by molar-refractivity contribution is -0.162. The molecule has 0 radical (unpaired) electrons. The molecule has 0 bridgehead atoms. The van der Waals surface area contributed by atoms with Crippen molar-refractivity contribution in [1.29, 1.82) is 0 Å². The van der Waals surface area contributed by atoms with Crippen molar-refractivity contribution in [1.82, 2.24) is 0 Å². The second kappa shape index (κ2) is 9.19. The van der Waals surface area contributed by atoms with Crippen molar-refractivity contribution in [3.8, 4) is 0 Å². The summed E-state index contributed by atoms with van der Waals surface area (Å²) in [6.45, 7) is 4.81. The van der Waals surface area contributed by atoms with Crippen molar-refractivity contribution in [2.75, 3.05) is 13.2 Å². The van der Waals surface area contributed by atoms with E-state index in [-0.39, 0.29) is 12.7 Å². The average molecular weight is 287 g/mol. The van der Waals surface area contributed by atoms with Crippen LogP contribution in [-0.4, -0.2) is 31.2 Å². The van der Waals surface area contributed by atoms with Gasteiger partial charge in [0.15, 0.2) is 5.79 Å². The van der Waals surface area contributed by atoms with Crippen LogP contribution in [0.15, 0.2) is 0 Å². The fourth-order valence-corrected chi connectivity index (χ4v) is 2.48. The minimum Gasteiger partial charge on any atom is -0.447 e. The Balaban J connectivity index is 2.06. The summed E-state index contributed by atoms with van der Waals surface area (Å²) in [5.74, 6) is -0.533. The summed E-state index contributed by atoms with van der Waals surface area (Å²) in [7, 11) is 0. The van der Waals surface area contributed by atoms with Crippen LogP contribution in [0, 0.1) is 0 Å². The fraction of sp³-hybridized carbons (Fsp3) is 0.933. The van der Waals surface area contributed by atoms with Gasteiger partial charge in [-0.2, -0.15) is 0 Å². The quantitative estimate of drug-likeness (QED) is 0.625. The summed E-state index contributed by atoms with van der Waals surface area (Å²) >= 11 is 0. The van der Waals surface area contributed by atoms with Gasteiger partial charge in [0.2, 0.25) is 0 Å². The molecule has 118 valence electrons. The number of carbonyl (C=O) groups is 1. The van der Waals surface area contributed by atoms with Crippen molar-refractivity contribution in [2.24, 2.45) is 5.73 Å². The number of amides is 1. The number of hydrogen-bond acceptors (Lipinski definition) is 4. The smallest absolute Gasteiger partial charge is 0.404 e. The SMILES string of the molecule is CCCCCCCCC[C@]1(C)OC[C@@H](COC(N)=O)O1. The zero-order chi connectivity index (χ0) is 14.8. The predicted molar refractivity (Wildman–Crippen MR) is 77.4 cm³/mol. The molecule has 1 aliphatic heterocycles. The largest absolute Gasteiger partial charge is 0.447 e. The van der Waals surface area contributed by atoms with E-state index in [4.69, 9.17) is 19.9 Å². The number of unbranched alkanes of at least 4 members (excludes halogenated alkanes) is 6. The molecule has 0 spiro atoms. The van der Waals surface area contributed by atoms with Gasteiger partial charge in [0.25, 0.3) is 0 Å². The predicted octanol–water partition coefficient (Wildman–Crippen LogP) is 3.35. The Kier molecular flexibility index (Phi) is 7.92. The second-order valence-corrected chi connectivity index (χ2v) is 5.69. The van der Waals surface area contributed by atoms with E-state index in [1.807, 2.05) is 6.92 Å². The van der Waals surface area contributed by atoms with Crippen LogP contribution in [0.5, 0.6) is 0 Å². The Morgan fingerprint density at radius 3 is 2.55 bits per heavy atom. The van der Waals surface area contributed by atoms with Gasteiger partial charge < -0.3 is 19.9 Å². The standard InChI is InChI=1S/C15H29NO4/c1-3-4-5-6-7-8-9-10-15(2)19-12-13(20-15)11-18-14(16)17/h13H,3-12H2,1-2H3,(H2,16,17)/t13-,15-/m1/s1. The minimum atomic E-state index is -0.769. The molecule has 1 amide bonds. The Morgan fingerprint density at radius 2 is 1.90 bits per heavy atom. The third-order valence-electron chi connectivity index (χ3n) is 3.64. The van der Waals surface area contributed by atoms with Crippen LogP contribution >= 0.6 is 0 Å². The van der Waals surface area contributed by atoms with Crippen LogP contribution < -0.4 is 5.73 Å². The van der Waals surface area contributed by atoms with Crippen molar-refractivity contribution in [2.45, 2.75) is 77.1 Å². The van der Waals surface area contributed by atoms with E-state index in [2.05, 4.69) is 6.92 Å². The summed E-state index contributed by atoms with van der Waals surface area (Å²) in [6.07, 6.45) is 8.80. The first kappa shape index (κ1) is 17.2. The zero-order valence-corrected chi connectivity index (χ0v) is 12.9. The molecule has 20 heavy (non-hydrogen) atoms. The zero-order valence-electron chi connectivity index (χ0n) is 12.9. The van der Waals surface area contributed by atoms with Gasteiger partial charge in [-0.1, -0.05) is 45.4 Å². The first-order chi connectivity index (χ1) is 9.56. The lowest BCUT2D eigenvalue weighted by atomic mass is 10.1. The van der Waals surface area contributed by atoms with Gasteiger partial charge in [-0.15, -0.1) is 0 Å². The molecule has 0 aromatic carbocycles. The first-order valence-electron chi connectivity index (χ1n) is 7.80. The monoisotopic (exact) mass is 287 g/mol. The van der Waals surface area contributed by atoms with E-state index in [1.54, 1.807) is 0 Å². The van der Waals surface area contributed by atoms with E-state index < -0.39 is 11.9 Å². The summed E-state index contributed by atoms with van der Waals surface area (Å²) in [5, 5.41) is 0. The number of carbonyl (C=O) groups excluding carboxylic acids is 1. The van der Waals surface area contributed by atoms with Crippen LogP contribution in [0.2, 0.25) is 0 Å². The van der Waals surface area contributed by atoms with E-state index >= 15 is 0 Å². The van der Waals surface area contributed by atoms with Gasteiger partial charge in [0.1, 0.15) is 12.7 Å². The molecular formula is C15H29NO4. The summed E-state index contributed by atoms with van der Waals surface area (Å²) in [5.41, 5.74) is 4.93. The number of hydrogen-bond donors (Lipinski definition) is 1. The van der Waals surface area contributed by atoms with Crippen LogP contribution in [0.25, 0.3) is 0 Å².